The lowest BCUT2D eigenvalue weighted by molar-refractivity contribution is -0.114. The molecule has 1 aliphatic heterocycles. The first kappa shape index (κ1) is 16.4. The maximum atomic E-state index is 12.5. The molecule has 3 aliphatic rings. The standard InChI is InChI=1S/C18H21NO5S/c20-18(11-15(12-2-3-12)13-4-5-13)19-25(21,22)14-6-7-16-17(10-14)24-9-1-8-23-16/h6-7,10-13H,1-5,8-9H2,(H,19,20). The zero-order valence-corrected chi connectivity index (χ0v) is 14.7. The minimum atomic E-state index is -3.94. The Kier molecular flexibility index (Phi) is 4.19. The van der Waals surface area contributed by atoms with Crippen LogP contribution in [0.2, 0.25) is 0 Å². The number of carbonyl (C=O) groups is 1. The average molecular weight is 363 g/mol. The predicted octanol–water partition coefficient (Wildman–Crippen LogP) is 2.40. The fraction of sp³-hybridized carbons (Fsp3) is 0.500. The predicted molar refractivity (Wildman–Crippen MR) is 90.9 cm³/mol. The van der Waals surface area contributed by atoms with E-state index in [9.17, 15) is 13.2 Å². The number of sulfonamides is 1. The second kappa shape index (κ2) is 6.37. The van der Waals surface area contributed by atoms with E-state index in [0.29, 0.717) is 36.5 Å². The summed E-state index contributed by atoms with van der Waals surface area (Å²) in [5, 5.41) is 0. The number of nitrogens with one attached hydrogen (secondary N) is 1. The highest BCUT2D eigenvalue weighted by atomic mass is 32.2. The van der Waals surface area contributed by atoms with Gasteiger partial charge in [0.05, 0.1) is 18.1 Å². The van der Waals surface area contributed by atoms with E-state index in [4.69, 9.17) is 9.47 Å². The molecule has 0 bridgehead atoms. The lowest BCUT2D eigenvalue weighted by atomic mass is 10.1. The van der Waals surface area contributed by atoms with Crippen molar-refractivity contribution in [3.8, 4) is 11.5 Å². The van der Waals surface area contributed by atoms with Gasteiger partial charge in [-0.1, -0.05) is 5.57 Å². The zero-order valence-electron chi connectivity index (χ0n) is 13.9. The molecule has 0 unspecified atom stereocenters. The van der Waals surface area contributed by atoms with Gasteiger partial charge in [-0.2, -0.15) is 0 Å². The van der Waals surface area contributed by atoms with E-state index in [1.54, 1.807) is 6.07 Å². The summed E-state index contributed by atoms with van der Waals surface area (Å²) in [6, 6.07) is 4.40. The SMILES string of the molecule is O=C(C=C(C1CC1)C1CC1)NS(=O)(=O)c1ccc2c(c1)OCCCO2. The van der Waals surface area contributed by atoms with Crippen molar-refractivity contribution in [2.24, 2.45) is 11.8 Å². The summed E-state index contributed by atoms with van der Waals surface area (Å²) in [5.41, 5.74) is 1.12. The van der Waals surface area contributed by atoms with Crippen LogP contribution < -0.4 is 14.2 Å². The first-order chi connectivity index (χ1) is 12.0. The van der Waals surface area contributed by atoms with Crippen LogP contribution in [0.5, 0.6) is 11.5 Å². The number of hydrogen-bond donors (Lipinski definition) is 1. The van der Waals surface area contributed by atoms with E-state index in [1.165, 1.54) is 18.2 Å². The third-order valence-electron chi connectivity index (χ3n) is 4.66. The molecule has 0 atom stereocenters. The summed E-state index contributed by atoms with van der Waals surface area (Å²) in [7, 11) is -3.94. The van der Waals surface area contributed by atoms with Gasteiger partial charge in [0.1, 0.15) is 0 Å². The molecule has 0 radical (unpaired) electrons. The molecule has 1 aromatic rings. The van der Waals surface area contributed by atoms with Gasteiger partial charge < -0.3 is 9.47 Å². The number of allylic oxidation sites excluding steroid dienone is 1. The van der Waals surface area contributed by atoms with Gasteiger partial charge in [0.15, 0.2) is 11.5 Å². The first-order valence-electron chi connectivity index (χ1n) is 8.71. The molecule has 2 aliphatic carbocycles. The van der Waals surface area contributed by atoms with Gasteiger partial charge in [-0.25, -0.2) is 13.1 Å². The number of fused-ring (bicyclic) bond motifs is 1. The molecule has 0 spiro atoms. The molecule has 4 rings (SSSR count). The smallest absolute Gasteiger partial charge is 0.264 e. The van der Waals surface area contributed by atoms with E-state index in [-0.39, 0.29) is 4.90 Å². The van der Waals surface area contributed by atoms with Gasteiger partial charge in [0, 0.05) is 18.6 Å². The Bertz CT molecular complexity index is 808. The van der Waals surface area contributed by atoms with Gasteiger partial charge in [-0.3, -0.25) is 4.79 Å². The minimum Gasteiger partial charge on any atom is -0.490 e. The van der Waals surface area contributed by atoms with Crippen LogP contribution in [0.1, 0.15) is 32.1 Å². The molecule has 1 N–H and O–H groups in total. The first-order valence-corrected chi connectivity index (χ1v) is 10.2. The van der Waals surface area contributed by atoms with Crippen molar-refractivity contribution in [3.63, 3.8) is 0 Å². The van der Waals surface area contributed by atoms with Gasteiger partial charge >= 0.3 is 0 Å². The Balaban J connectivity index is 1.52. The molecular formula is C18H21NO5S. The van der Waals surface area contributed by atoms with E-state index in [0.717, 1.165) is 37.7 Å². The second-order valence-corrected chi connectivity index (χ2v) is 8.50. The quantitative estimate of drug-likeness (QED) is 0.813. The van der Waals surface area contributed by atoms with Crippen LogP contribution in [-0.4, -0.2) is 27.5 Å². The average Bonchev–Trinajstić information content (AvgIpc) is 3.46. The van der Waals surface area contributed by atoms with Gasteiger partial charge in [0.2, 0.25) is 0 Å². The van der Waals surface area contributed by atoms with Crippen molar-refractivity contribution < 1.29 is 22.7 Å². The van der Waals surface area contributed by atoms with Crippen LogP contribution >= 0.6 is 0 Å². The molecule has 6 nitrogen and oxygen atoms in total. The third kappa shape index (κ3) is 3.81. The number of carbonyl (C=O) groups excluding carboxylic acids is 1. The van der Waals surface area contributed by atoms with Gasteiger partial charge in [-0.05, 0) is 49.7 Å². The van der Waals surface area contributed by atoms with E-state index < -0.39 is 15.9 Å². The van der Waals surface area contributed by atoms with Crippen LogP contribution in [0.15, 0.2) is 34.7 Å². The summed E-state index contributed by atoms with van der Waals surface area (Å²) in [6.07, 6.45) is 6.64. The van der Waals surface area contributed by atoms with Crippen molar-refractivity contribution in [2.75, 3.05) is 13.2 Å². The van der Waals surface area contributed by atoms with Crippen LogP contribution in [-0.2, 0) is 14.8 Å². The Morgan fingerprint density at radius 2 is 1.68 bits per heavy atom. The fourth-order valence-corrected chi connectivity index (χ4v) is 4.04. The molecule has 25 heavy (non-hydrogen) atoms. The normalized spacial score (nSPS) is 19.7. The molecule has 2 saturated carbocycles. The van der Waals surface area contributed by atoms with Crippen LogP contribution in [0.25, 0.3) is 0 Å². The summed E-state index contributed by atoms with van der Waals surface area (Å²) < 4.78 is 38.2. The van der Waals surface area contributed by atoms with E-state index in [1.807, 2.05) is 0 Å². The topological polar surface area (TPSA) is 81.7 Å². The van der Waals surface area contributed by atoms with Gasteiger partial charge in [0.25, 0.3) is 15.9 Å². The molecule has 134 valence electrons. The Labute approximate surface area is 147 Å². The summed E-state index contributed by atoms with van der Waals surface area (Å²) in [4.78, 5) is 12.2. The highest BCUT2D eigenvalue weighted by Crippen LogP contribution is 2.48. The molecule has 0 aromatic heterocycles. The van der Waals surface area contributed by atoms with Gasteiger partial charge in [-0.15, -0.1) is 0 Å². The molecule has 1 heterocycles. The monoisotopic (exact) mass is 363 g/mol. The Hall–Kier alpha value is -2.02. The Morgan fingerprint density at radius 3 is 2.32 bits per heavy atom. The molecular weight excluding hydrogens is 342 g/mol. The van der Waals surface area contributed by atoms with E-state index >= 15 is 0 Å². The number of ether oxygens (including phenoxy) is 2. The van der Waals surface area contributed by atoms with Crippen molar-refractivity contribution in [2.45, 2.75) is 37.0 Å². The zero-order chi connectivity index (χ0) is 17.4. The highest BCUT2D eigenvalue weighted by molar-refractivity contribution is 7.90. The minimum absolute atomic E-state index is 0.00195. The highest BCUT2D eigenvalue weighted by Gasteiger charge is 2.37. The molecule has 7 heteroatoms. The van der Waals surface area contributed by atoms with Crippen molar-refractivity contribution in [3.05, 3.63) is 29.8 Å². The van der Waals surface area contributed by atoms with Crippen LogP contribution in [0.3, 0.4) is 0 Å². The number of amides is 1. The third-order valence-corrected chi connectivity index (χ3v) is 6.00. The van der Waals surface area contributed by atoms with Crippen molar-refractivity contribution in [1.82, 2.24) is 4.72 Å². The van der Waals surface area contributed by atoms with Crippen LogP contribution in [0.4, 0.5) is 0 Å². The van der Waals surface area contributed by atoms with E-state index in [2.05, 4.69) is 4.72 Å². The maximum Gasteiger partial charge on any atom is 0.264 e. The summed E-state index contributed by atoms with van der Waals surface area (Å²) in [5.74, 6) is 1.28. The molecule has 0 saturated heterocycles. The lowest BCUT2D eigenvalue weighted by Gasteiger charge is -2.10. The molecule has 1 aromatic carbocycles. The largest absolute Gasteiger partial charge is 0.490 e. The molecule has 1 amide bonds. The number of rotatable bonds is 5. The number of hydrogen-bond acceptors (Lipinski definition) is 5. The fourth-order valence-electron chi connectivity index (χ4n) is 3.09. The lowest BCUT2D eigenvalue weighted by Crippen LogP contribution is -2.29. The van der Waals surface area contributed by atoms with Crippen molar-refractivity contribution >= 4 is 15.9 Å². The maximum absolute atomic E-state index is 12.5. The summed E-state index contributed by atoms with van der Waals surface area (Å²) >= 11 is 0. The van der Waals surface area contributed by atoms with Crippen molar-refractivity contribution in [1.29, 1.82) is 0 Å². The molecule has 2 fully saturated rings. The Morgan fingerprint density at radius 1 is 1.04 bits per heavy atom. The summed E-state index contributed by atoms with van der Waals surface area (Å²) in [6.45, 7) is 1.00. The van der Waals surface area contributed by atoms with Crippen LogP contribution in [0, 0.1) is 11.8 Å². The number of benzene rings is 1. The second-order valence-electron chi connectivity index (χ2n) is 6.82.